The Morgan fingerprint density at radius 2 is 1.90 bits per heavy atom. The van der Waals surface area contributed by atoms with E-state index < -0.39 is 30.5 Å². The maximum atomic E-state index is 13.4. The molecule has 2 aromatic heterocycles. The summed E-state index contributed by atoms with van der Waals surface area (Å²) in [6.45, 7) is 2.22. The molecule has 4 heterocycles. The molecule has 2 aliphatic rings. The maximum Gasteiger partial charge on any atom is 0.394 e. The molecule has 9 heteroatoms. The predicted molar refractivity (Wildman–Crippen MR) is 109 cm³/mol. The summed E-state index contributed by atoms with van der Waals surface area (Å²) in [5.74, 6) is -1.17. The number of fused-ring (bicyclic) bond motifs is 2. The molecule has 3 aromatic rings. The van der Waals surface area contributed by atoms with Gasteiger partial charge in [-0.1, -0.05) is 29.8 Å². The van der Waals surface area contributed by atoms with Crippen LogP contribution in [0, 0.1) is 12.8 Å². The van der Waals surface area contributed by atoms with Crippen molar-refractivity contribution in [3.63, 3.8) is 0 Å². The third kappa shape index (κ3) is 3.23. The molecule has 6 nitrogen and oxygen atoms in total. The molecule has 5 rings (SSSR count). The van der Waals surface area contributed by atoms with E-state index in [2.05, 4.69) is 4.98 Å². The lowest BCUT2D eigenvalue weighted by Crippen LogP contribution is -2.45. The van der Waals surface area contributed by atoms with E-state index in [9.17, 15) is 18.0 Å². The van der Waals surface area contributed by atoms with Crippen LogP contribution in [0.2, 0.25) is 0 Å². The predicted octanol–water partition coefficient (Wildman–Crippen LogP) is 3.94. The summed E-state index contributed by atoms with van der Waals surface area (Å²) in [6.07, 6.45) is -0.651. The van der Waals surface area contributed by atoms with Crippen LogP contribution in [-0.4, -0.2) is 43.9 Å². The van der Waals surface area contributed by atoms with Gasteiger partial charge in [0.2, 0.25) is 5.91 Å². The Bertz CT molecular complexity index is 1150. The molecule has 1 aromatic carbocycles. The van der Waals surface area contributed by atoms with E-state index in [1.54, 1.807) is 12.4 Å². The molecule has 0 spiro atoms. The first-order chi connectivity index (χ1) is 14.7. The molecule has 0 aliphatic carbocycles. The molecule has 2 fully saturated rings. The first-order valence-electron chi connectivity index (χ1n) is 10.3. The van der Waals surface area contributed by atoms with Crippen molar-refractivity contribution in [2.45, 2.75) is 44.3 Å². The smallest absolute Gasteiger partial charge is 0.382 e. The Hall–Kier alpha value is -3.10. The third-order valence-corrected chi connectivity index (χ3v) is 6.53. The van der Waals surface area contributed by atoms with Gasteiger partial charge in [0.25, 0.3) is 0 Å². The number of hydrogen-bond donors (Lipinski definition) is 1. The van der Waals surface area contributed by atoms with E-state index in [-0.39, 0.29) is 12.5 Å². The van der Waals surface area contributed by atoms with E-state index in [0.29, 0.717) is 35.7 Å². The number of hydrogen-bond acceptors (Lipinski definition) is 4. The Morgan fingerprint density at radius 1 is 1.16 bits per heavy atom. The van der Waals surface area contributed by atoms with Gasteiger partial charge in [-0.05, 0) is 19.8 Å². The maximum absolute atomic E-state index is 13.4. The highest BCUT2D eigenvalue weighted by Gasteiger charge is 2.55. The number of carbonyl (C=O) groups excluding carboxylic acids is 1. The van der Waals surface area contributed by atoms with Crippen LogP contribution in [0.4, 0.5) is 19.0 Å². The Kier molecular flexibility index (Phi) is 4.46. The summed E-state index contributed by atoms with van der Waals surface area (Å²) in [7, 11) is 0. The van der Waals surface area contributed by atoms with Gasteiger partial charge in [-0.2, -0.15) is 13.2 Å². The van der Waals surface area contributed by atoms with Crippen molar-refractivity contribution in [3.05, 3.63) is 48.0 Å². The fourth-order valence-electron chi connectivity index (χ4n) is 4.97. The van der Waals surface area contributed by atoms with Crippen LogP contribution >= 0.6 is 0 Å². The highest BCUT2D eigenvalue weighted by molar-refractivity contribution is 5.85. The number of carbonyl (C=O) groups is 1. The molecule has 2 N–H and O–H groups in total. The van der Waals surface area contributed by atoms with Gasteiger partial charge in [0.05, 0.1) is 5.92 Å². The molecule has 2 aliphatic heterocycles. The lowest BCUT2D eigenvalue weighted by Gasteiger charge is -2.37. The summed E-state index contributed by atoms with van der Waals surface area (Å²) in [6, 6.07) is 7.11. The number of piperidine rings is 1. The normalized spacial score (nSPS) is 24.1. The molecule has 0 radical (unpaired) electrons. The minimum atomic E-state index is -4.36. The van der Waals surface area contributed by atoms with Crippen molar-refractivity contribution in [2.24, 2.45) is 5.92 Å². The van der Waals surface area contributed by atoms with Crippen molar-refractivity contribution in [1.82, 2.24) is 19.3 Å². The number of amides is 1. The van der Waals surface area contributed by atoms with Gasteiger partial charge in [0, 0.05) is 42.9 Å². The zero-order valence-corrected chi connectivity index (χ0v) is 16.9. The molecular formula is C22H22F3N5O. The van der Waals surface area contributed by atoms with Gasteiger partial charge < -0.3 is 10.6 Å². The monoisotopic (exact) mass is 429 g/mol. The topological polar surface area (TPSA) is 76.5 Å². The summed E-state index contributed by atoms with van der Waals surface area (Å²) >= 11 is 0. The molecule has 1 amide bonds. The number of nitrogen functional groups attached to an aromatic ring is 1. The molecule has 0 bridgehead atoms. The number of imidazole rings is 1. The SMILES string of the molecule is Cc1ccc(-c2nc([C@@H]3CC[C@H]4C(C(F)(F)F)CC(=O)N4C3)n3ccnc(N)c23)cc1. The standard InChI is InChI=1S/C22H22F3N5O/c1-12-2-4-13(5-3-12)18-19-20(26)27-8-9-29(19)21(28-18)14-6-7-16-15(22(23,24)25)10-17(31)30(16)11-14/h2-5,8-9,14-16H,6-7,10-11H2,1H3,(H2,26,27)/t14-,15?,16+/m1/s1. The molecule has 2 saturated heterocycles. The highest BCUT2D eigenvalue weighted by atomic mass is 19.4. The zero-order chi connectivity index (χ0) is 21.9. The average Bonchev–Trinajstić information content (AvgIpc) is 3.28. The first-order valence-corrected chi connectivity index (χ1v) is 10.3. The highest BCUT2D eigenvalue weighted by Crippen LogP contribution is 2.45. The first kappa shape index (κ1) is 19.8. The zero-order valence-electron chi connectivity index (χ0n) is 16.9. The van der Waals surface area contributed by atoms with Gasteiger partial charge in [-0.3, -0.25) is 9.20 Å². The molecule has 0 saturated carbocycles. The van der Waals surface area contributed by atoms with Crippen molar-refractivity contribution >= 4 is 17.2 Å². The van der Waals surface area contributed by atoms with E-state index in [1.165, 1.54) is 4.90 Å². The Morgan fingerprint density at radius 3 is 2.61 bits per heavy atom. The van der Waals surface area contributed by atoms with E-state index in [4.69, 9.17) is 10.7 Å². The summed E-state index contributed by atoms with van der Waals surface area (Å²) in [5.41, 5.74) is 9.53. The Labute approximate surface area is 176 Å². The second kappa shape index (κ2) is 6.96. The van der Waals surface area contributed by atoms with E-state index in [0.717, 1.165) is 11.1 Å². The van der Waals surface area contributed by atoms with Crippen LogP contribution in [0.15, 0.2) is 36.7 Å². The third-order valence-electron chi connectivity index (χ3n) is 6.53. The molecule has 1 unspecified atom stereocenters. The van der Waals surface area contributed by atoms with Crippen molar-refractivity contribution in [3.8, 4) is 11.3 Å². The summed E-state index contributed by atoms with van der Waals surface area (Å²) < 4.78 is 42.0. The van der Waals surface area contributed by atoms with Gasteiger partial charge in [0.1, 0.15) is 22.9 Å². The minimum absolute atomic E-state index is 0.180. The van der Waals surface area contributed by atoms with Crippen molar-refractivity contribution in [2.75, 3.05) is 12.3 Å². The molecule has 3 atom stereocenters. The number of aromatic nitrogens is 3. The Balaban J connectivity index is 1.54. The fraction of sp³-hybridized carbons (Fsp3) is 0.409. The lowest BCUT2D eigenvalue weighted by molar-refractivity contribution is -0.182. The number of alkyl halides is 3. The number of aryl methyl sites for hydroxylation is 1. The second-order valence-corrected chi connectivity index (χ2v) is 8.46. The van der Waals surface area contributed by atoms with Crippen molar-refractivity contribution in [1.29, 1.82) is 0 Å². The van der Waals surface area contributed by atoms with Gasteiger partial charge in [-0.15, -0.1) is 0 Å². The largest absolute Gasteiger partial charge is 0.394 e. The van der Waals surface area contributed by atoms with Crippen LogP contribution < -0.4 is 5.73 Å². The van der Waals surface area contributed by atoms with Gasteiger partial charge >= 0.3 is 6.18 Å². The quantitative estimate of drug-likeness (QED) is 0.670. The molecular weight excluding hydrogens is 407 g/mol. The lowest BCUT2D eigenvalue weighted by atomic mass is 9.87. The van der Waals surface area contributed by atoms with Gasteiger partial charge in [-0.25, -0.2) is 9.97 Å². The molecule has 31 heavy (non-hydrogen) atoms. The summed E-state index contributed by atoms with van der Waals surface area (Å²) in [5, 5.41) is 0. The number of rotatable bonds is 2. The fourth-order valence-corrected chi connectivity index (χ4v) is 4.97. The number of nitrogens with zero attached hydrogens (tertiary/aromatic N) is 4. The van der Waals surface area contributed by atoms with E-state index in [1.807, 2.05) is 35.6 Å². The van der Waals surface area contributed by atoms with Crippen LogP contribution in [0.1, 0.15) is 36.6 Å². The number of halogens is 3. The average molecular weight is 429 g/mol. The van der Waals surface area contributed by atoms with Crippen LogP contribution in [-0.2, 0) is 4.79 Å². The van der Waals surface area contributed by atoms with Crippen LogP contribution in [0.25, 0.3) is 16.8 Å². The van der Waals surface area contributed by atoms with Crippen LogP contribution in [0.5, 0.6) is 0 Å². The molecule has 162 valence electrons. The van der Waals surface area contributed by atoms with Crippen molar-refractivity contribution < 1.29 is 18.0 Å². The minimum Gasteiger partial charge on any atom is -0.382 e. The number of anilines is 1. The number of benzene rings is 1. The summed E-state index contributed by atoms with van der Waals surface area (Å²) in [4.78, 5) is 22.9. The number of nitrogens with two attached hydrogens (primary N) is 1. The second-order valence-electron chi connectivity index (χ2n) is 8.46. The van der Waals surface area contributed by atoms with Gasteiger partial charge in [0.15, 0.2) is 0 Å². The van der Waals surface area contributed by atoms with E-state index >= 15 is 0 Å². The van der Waals surface area contributed by atoms with Crippen LogP contribution in [0.3, 0.4) is 0 Å².